The van der Waals surface area contributed by atoms with Gasteiger partial charge in [0.25, 0.3) is 0 Å². The minimum absolute atomic E-state index is 0. The van der Waals surface area contributed by atoms with Crippen molar-refractivity contribution in [3.05, 3.63) is 138 Å². The SMILES string of the molecule is Cc1[c-]c(C)c(Cc2[c-]c(C)c(Cc3[c-]c(C)c(Cc4[c-]c(C)c(C)c(C)[c-]4)c(C)[c-]3)c(C)[c-]2)c(C)[c-]1.[Y].[Y].[Y].[Y].[Y].[Y].[Y].[Y].[Y].[Y].[Y].[Y].[Y].[Y].[Y].[Y].[Y].[Y].[Y].[Y].[Y].[Y].[Y].[Y].[Y].[Y].[Y].[Y].[Y].[Y].[Y].[Y].[Y].[Y].[Y].[Y].[Y].[Y].[Y].[Y].[Y].[Y].[Y].[Y].[Y].[Y].[Y].[Y].[Y].[Y].[Y].[Y].[Y].[Y].[Y].[Y].[Y].[Y].[Y].[Y].[Y].[Y].[Y].[Y].[Y].[Y].[Y].[Y].[Y].[Y].[Y].[Y]. The first kappa shape index (κ1) is 465. The Bertz CT molecular complexity index is 1490. The molecule has 0 unspecified atom stereocenters. The van der Waals surface area contributed by atoms with Crippen LogP contribution in [0.15, 0.2) is 0 Å². The van der Waals surface area contributed by atoms with Gasteiger partial charge in [0.05, 0.1) is 0 Å². The van der Waals surface area contributed by atoms with E-state index in [0.717, 1.165) is 41.5 Å². The zero-order chi connectivity index (χ0) is 27.0. The fraction of sp³-hybridized carbons (Fsp3) is 0.351. The van der Waals surface area contributed by atoms with E-state index in [4.69, 9.17) is 0 Å². The summed E-state index contributed by atoms with van der Waals surface area (Å²) in [4.78, 5) is 0. The standard InChI is InChI=1S/C37H36.72Y/c1-22-11-25(4)35(26(5)12-22)20-33-15-29(8)37(30(9)16-33)21-34-17-27(6)36(28(7)18-34)19-32-13-23(2)31(10)24(3)14-32;;;;;;;;;;;;;;;;;;;;;;;;;;;;;;;;;;;;;;;;;;;;;;;;;;;;;;;;;;;;;;;;;;;;;;;;/h19-21H2,1-10H3;;;;;;;;;;;;;;;;;;;;;;;;;;;;;;;;;;;;;;;;;;;;;;;;;;;;;;;;;;;;;;;;;;;;;;;;/q-8;;;;;;;;;;;;;;;;;;;;;;;;;;;;;;;;;;;;;;;;;;;;;;;;;;;;;;;;;;;;;;;;;;;;;;;;. The Hall–Kier alpha value is 76.4. The number of hydrogen-bond donors (Lipinski definition) is 0. The predicted molar refractivity (Wildman–Crippen MR) is 152 cm³/mol. The summed E-state index contributed by atoms with van der Waals surface area (Å²) in [6.07, 6.45) is 2.41. The summed E-state index contributed by atoms with van der Waals surface area (Å²) in [6, 6.07) is 28.4. The van der Waals surface area contributed by atoms with Gasteiger partial charge in [-0.2, -0.15) is 0 Å². The second kappa shape index (κ2) is 338. The van der Waals surface area contributed by atoms with Crippen LogP contribution in [-0.2, 0) is 2370 Å². The monoisotopic (exact) mass is 6880 g/mol. The molecule has 0 aliphatic rings. The molecule has 0 bridgehead atoms. The van der Waals surface area contributed by atoms with E-state index in [1.807, 2.05) is 0 Å². The smallest absolute Gasteiger partial charge is 0 e. The van der Waals surface area contributed by atoms with Crippen molar-refractivity contribution >= 4 is 0 Å². The van der Waals surface area contributed by atoms with Gasteiger partial charge in [-0.3, -0.25) is 72.3 Å². The second-order valence-corrected chi connectivity index (χ2v) is 10.7. The molecular formula is C37H36Y72-8. The summed E-state index contributed by atoms with van der Waals surface area (Å²) in [6.45, 7) is 21.4. The van der Waals surface area contributed by atoms with E-state index in [-0.39, 0.29) is 2360 Å². The third kappa shape index (κ3) is 264. The number of hydrogen-bond acceptors (Lipinski definition) is 0. The number of rotatable bonds is 6. The molecule has 0 N–H and O–H groups in total. The Balaban J connectivity index is -0.00000000332. The molecule has 0 atom stereocenters. The molecule has 4 aromatic carbocycles. The zero-order valence-electron chi connectivity index (χ0n) is 65.7. The van der Waals surface area contributed by atoms with Crippen molar-refractivity contribution in [2.75, 3.05) is 0 Å². The Labute approximate surface area is 2480 Å². The van der Waals surface area contributed by atoms with E-state index in [1.54, 1.807) is 0 Å². The molecular weight excluding hydrogens is 6850 g/mol. The van der Waals surface area contributed by atoms with E-state index in [0.29, 0.717) is 0 Å². The van der Waals surface area contributed by atoms with Crippen LogP contribution in [0.4, 0.5) is 0 Å². The van der Waals surface area contributed by atoms with E-state index in [2.05, 4.69) is 118 Å². The molecule has 0 saturated carbocycles. The maximum Gasteiger partial charge on any atom is 0 e. The van der Waals surface area contributed by atoms with Crippen LogP contribution in [0.25, 0.3) is 0 Å². The van der Waals surface area contributed by atoms with Crippen LogP contribution in [0.2, 0.25) is 0 Å². The summed E-state index contributed by atoms with van der Waals surface area (Å²) in [7, 11) is 0. The van der Waals surface area contributed by atoms with Gasteiger partial charge in [0.15, 0.2) is 0 Å². The molecule has 4 rings (SSSR count). The second-order valence-electron chi connectivity index (χ2n) is 10.7. The van der Waals surface area contributed by atoms with Crippen molar-refractivity contribution in [1.29, 1.82) is 0 Å². The van der Waals surface area contributed by atoms with Crippen LogP contribution < -0.4 is 0 Å². The van der Waals surface area contributed by atoms with Crippen LogP contribution in [0.1, 0.15) is 89.0 Å². The largest absolute Gasteiger partial charge is 0.354 e. The number of benzene rings is 4. The van der Waals surface area contributed by atoms with Gasteiger partial charge in [0.1, 0.15) is 0 Å². The van der Waals surface area contributed by atoms with Crippen molar-refractivity contribution in [3.63, 3.8) is 0 Å². The molecule has 72 heteroatoms. The van der Waals surface area contributed by atoms with Gasteiger partial charge >= 0.3 is 0 Å². The maximum absolute atomic E-state index is 3.64. The predicted octanol–water partition coefficient (Wildman–Crippen LogP) is 7.76. The van der Waals surface area contributed by atoms with Crippen LogP contribution in [0.3, 0.4) is 0 Å². The molecule has 408 valence electrons. The van der Waals surface area contributed by atoms with Gasteiger partial charge in [-0.1, -0.05) is 62.3 Å². The Morgan fingerprint density at radius 1 is 0.119 bits per heavy atom. The molecule has 0 fully saturated rings. The molecule has 0 nitrogen and oxygen atoms in total. The molecule has 72 radical (unpaired) electrons. The Morgan fingerprint density at radius 2 is 0.202 bits per heavy atom. The van der Waals surface area contributed by atoms with Gasteiger partial charge in [0.2, 0.25) is 0 Å². The summed E-state index contributed by atoms with van der Waals surface area (Å²) < 4.78 is 0. The summed E-state index contributed by atoms with van der Waals surface area (Å²) in [5.41, 5.74) is 19.0. The fourth-order valence-corrected chi connectivity index (χ4v) is 5.40. The first-order chi connectivity index (χ1) is 17.4. The van der Waals surface area contributed by atoms with Gasteiger partial charge in [0, 0.05) is 2360 Å². The van der Waals surface area contributed by atoms with Crippen LogP contribution >= 0.6 is 0 Å². The zero-order valence-corrected chi connectivity index (χ0v) is 270. The Morgan fingerprint density at radius 3 is 0.303 bits per heavy atom. The molecule has 4 aromatic rings. The molecule has 0 saturated heterocycles. The summed E-state index contributed by atoms with van der Waals surface area (Å²) in [5.74, 6) is 0. The maximum atomic E-state index is 3.64. The molecule has 0 aliphatic carbocycles. The molecule has 0 aromatic heterocycles. The van der Waals surface area contributed by atoms with Gasteiger partial charge in [-0.05, 0) is 0 Å². The van der Waals surface area contributed by atoms with Crippen LogP contribution in [0, 0.1) is 118 Å². The third-order valence-electron chi connectivity index (χ3n) is 7.68. The summed E-state index contributed by atoms with van der Waals surface area (Å²) in [5, 5.41) is 0. The summed E-state index contributed by atoms with van der Waals surface area (Å²) >= 11 is 0. The van der Waals surface area contributed by atoms with Crippen molar-refractivity contribution in [3.8, 4) is 0 Å². The van der Waals surface area contributed by atoms with Crippen LogP contribution in [0.5, 0.6) is 0 Å². The normalized spacial score (nSPS) is 3.83. The van der Waals surface area contributed by atoms with Crippen molar-refractivity contribution < 1.29 is 2360 Å². The van der Waals surface area contributed by atoms with E-state index in [1.165, 1.54) is 66.8 Å². The minimum atomic E-state index is 0. The Kier molecular flexibility index (Phi) is 1440. The van der Waals surface area contributed by atoms with Crippen molar-refractivity contribution in [1.82, 2.24) is 0 Å². The first-order valence-electron chi connectivity index (χ1n) is 13.1. The third-order valence-corrected chi connectivity index (χ3v) is 7.68. The fourth-order valence-electron chi connectivity index (χ4n) is 5.40. The van der Waals surface area contributed by atoms with Gasteiger partial charge in [-0.15, -0.1) is 26.2 Å². The average Bonchev–Trinajstić information content (AvgIpc) is 2.79. The van der Waals surface area contributed by atoms with E-state index in [9.17, 15) is 0 Å². The topological polar surface area (TPSA) is 0 Å². The van der Waals surface area contributed by atoms with Gasteiger partial charge in [-0.25, -0.2) is 0 Å². The quantitative estimate of drug-likeness (QED) is 0.174. The molecule has 0 amide bonds. The number of aryl methyl sites for hydroxylation is 9. The minimum Gasteiger partial charge on any atom is -0.354 e. The van der Waals surface area contributed by atoms with Crippen molar-refractivity contribution in [2.45, 2.75) is 88.5 Å². The molecule has 0 heterocycles. The van der Waals surface area contributed by atoms with Gasteiger partial charge < -0.3 is 65.2 Å². The average molecular weight is 6880 g/mol. The molecule has 0 aliphatic heterocycles. The molecule has 0 spiro atoms. The van der Waals surface area contributed by atoms with E-state index < -0.39 is 0 Å². The van der Waals surface area contributed by atoms with E-state index >= 15 is 0 Å². The molecule has 109 heavy (non-hydrogen) atoms. The van der Waals surface area contributed by atoms with Crippen LogP contribution in [-0.4, -0.2) is 0 Å². The first-order valence-corrected chi connectivity index (χ1v) is 13.1. The van der Waals surface area contributed by atoms with Crippen molar-refractivity contribution in [2.24, 2.45) is 0 Å².